The van der Waals surface area contributed by atoms with Crippen LogP contribution < -0.4 is 0 Å². The van der Waals surface area contributed by atoms with Gasteiger partial charge in [-0.1, -0.05) is 0 Å². The van der Waals surface area contributed by atoms with Gasteiger partial charge in [-0.3, -0.25) is 5.21 Å². The van der Waals surface area contributed by atoms with Gasteiger partial charge in [0, 0.05) is 25.0 Å². The van der Waals surface area contributed by atoms with Crippen LogP contribution in [-0.4, -0.2) is 60.3 Å². The highest BCUT2D eigenvalue weighted by atomic mass is 32.2. The molecule has 0 aromatic heterocycles. The van der Waals surface area contributed by atoms with E-state index in [1.807, 2.05) is 0 Å². The fourth-order valence-corrected chi connectivity index (χ4v) is 5.36. The lowest BCUT2D eigenvalue weighted by atomic mass is 9.96. The van der Waals surface area contributed by atoms with Crippen LogP contribution in [-0.2, 0) is 11.0 Å². The minimum Gasteiger partial charge on any atom is -0.304 e. The molecule has 1 N–H and O–H groups in total. The Balaban J connectivity index is 1.66. The first-order chi connectivity index (χ1) is 8.16. The summed E-state index contributed by atoms with van der Waals surface area (Å²) >= 11 is 0. The standard InChI is InChI=1S/C10H15N3O3S/c14-10-11-5-8(13(10)15)3-6-4-12(7-1-2-7)17(16)9(6)11/h6-9,15H,1-5H2. The van der Waals surface area contributed by atoms with Crippen molar-refractivity contribution in [3.8, 4) is 0 Å². The van der Waals surface area contributed by atoms with E-state index >= 15 is 0 Å². The summed E-state index contributed by atoms with van der Waals surface area (Å²) in [5.74, 6) is 0.260. The van der Waals surface area contributed by atoms with E-state index in [0.29, 0.717) is 12.6 Å². The number of nitrogens with zero attached hydrogens (tertiary/aromatic N) is 3. The summed E-state index contributed by atoms with van der Waals surface area (Å²) in [4.78, 5) is 13.4. The highest BCUT2D eigenvalue weighted by molar-refractivity contribution is 7.83. The maximum Gasteiger partial charge on any atom is 0.345 e. The van der Waals surface area contributed by atoms with Gasteiger partial charge in [0.1, 0.15) is 16.4 Å². The molecule has 2 amide bonds. The number of amides is 2. The molecular weight excluding hydrogens is 242 g/mol. The summed E-state index contributed by atoms with van der Waals surface area (Å²) in [5, 5.41) is 10.3. The monoisotopic (exact) mass is 257 g/mol. The molecule has 4 aliphatic rings. The average Bonchev–Trinajstić information content (AvgIpc) is 3.08. The van der Waals surface area contributed by atoms with E-state index in [9.17, 15) is 14.2 Å². The van der Waals surface area contributed by atoms with Gasteiger partial charge in [0.05, 0.1) is 6.04 Å². The third-order valence-corrected chi connectivity index (χ3v) is 6.25. The second-order valence-electron chi connectivity index (χ2n) is 5.43. The molecule has 1 aliphatic carbocycles. The zero-order valence-electron chi connectivity index (χ0n) is 9.36. The number of piperidine rings is 1. The number of rotatable bonds is 1. The molecule has 17 heavy (non-hydrogen) atoms. The first-order valence-electron chi connectivity index (χ1n) is 6.13. The maximum atomic E-state index is 12.4. The average molecular weight is 257 g/mol. The Morgan fingerprint density at radius 2 is 2.00 bits per heavy atom. The molecule has 0 radical (unpaired) electrons. The normalized spacial score (nSPS) is 45.6. The molecule has 4 rings (SSSR count). The van der Waals surface area contributed by atoms with Crippen LogP contribution in [0.15, 0.2) is 0 Å². The second-order valence-corrected chi connectivity index (χ2v) is 6.93. The zero-order chi connectivity index (χ0) is 11.7. The van der Waals surface area contributed by atoms with Gasteiger partial charge >= 0.3 is 6.03 Å². The van der Waals surface area contributed by atoms with Gasteiger partial charge in [-0.05, 0) is 19.3 Å². The van der Waals surface area contributed by atoms with Crippen LogP contribution in [0.3, 0.4) is 0 Å². The van der Waals surface area contributed by atoms with Crippen molar-refractivity contribution < 1.29 is 14.2 Å². The number of carbonyl (C=O) groups excluding carboxylic acids is 1. The summed E-state index contributed by atoms with van der Waals surface area (Å²) < 4.78 is 14.5. The Kier molecular flexibility index (Phi) is 1.94. The topological polar surface area (TPSA) is 64.1 Å². The predicted octanol–water partition coefficient (Wildman–Crippen LogP) is -0.0305. The van der Waals surface area contributed by atoms with Crippen LogP contribution in [0.1, 0.15) is 19.3 Å². The van der Waals surface area contributed by atoms with E-state index in [4.69, 9.17) is 0 Å². The van der Waals surface area contributed by atoms with Gasteiger partial charge in [0.2, 0.25) is 0 Å². The van der Waals surface area contributed by atoms with Crippen molar-refractivity contribution in [2.45, 2.75) is 36.7 Å². The van der Waals surface area contributed by atoms with Gasteiger partial charge in [-0.15, -0.1) is 0 Å². The molecule has 2 bridgehead atoms. The van der Waals surface area contributed by atoms with Gasteiger partial charge in [0.25, 0.3) is 0 Å². The minimum absolute atomic E-state index is 0.0973. The number of fused-ring (bicyclic) bond motifs is 4. The molecule has 7 heteroatoms. The Bertz CT molecular complexity index is 414. The molecule has 0 aromatic carbocycles. The largest absolute Gasteiger partial charge is 0.345 e. The summed E-state index contributed by atoms with van der Waals surface area (Å²) in [7, 11) is -1.08. The molecule has 0 aromatic rings. The molecule has 0 spiro atoms. The number of hydroxylamine groups is 2. The lowest BCUT2D eigenvalue weighted by molar-refractivity contribution is -0.0611. The molecule has 94 valence electrons. The molecule has 3 heterocycles. The van der Waals surface area contributed by atoms with E-state index in [2.05, 4.69) is 4.31 Å². The molecule has 4 unspecified atom stereocenters. The zero-order valence-corrected chi connectivity index (χ0v) is 10.2. The summed E-state index contributed by atoms with van der Waals surface area (Å²) in [6.45, 7) is 1.34. The van der Waals surface area contributed by atoms with Crippen molar-refractivity contribution in [3.05, 3.63) is 0 Å². The van der Waals surface area contributed by atoms with Crippen LogP contribution in [0.4, 0.5) is 4.79 Å². The second kappa shape index (κ2) is 3.21. The van der Waals surface area contributed by atoms with Crippen molar-refractivity contribution in [3.63, 3.8) is 0 Å². The van der Waals surface area contributed by atoms with Crippen molar-refractivity contribution in [2.24, 2.45) is 5.92 Å². The fraction of sp³-hybridized carbons (Fsp3) is 0.900. The van der Waals surface area contributed by atoms with E-state index in [0.717, 1.165) is 30.9 Å². The molecule has 4 fully saturated rings. The van der Waals surface area contributed by atoms with Crippen molar-refractivity contribution in [2.75, 3.05) is 13.1 Å². The molecule has 1 saturated carbocycles. The van der Waals surface area contributed by atoms with E-state index in [1.54, 1.807) is 4.90 Å². The first kappa shape index (κ1) is 10.3. The van der Waals surface area contributed by atoms with Gasteiger partial charge in [0.15, 0.2) is 0 Å². The van der Waals surface area contributed by atoms with Gasteiger partial charge in [-0.2, -0.15) is 0 Å². The number of urea groups is 1. The van der Waals surface area contributed by atoms with E-state index in [-0.39, 0.29) is 23.4 Å². The Morgan fingerprint density at radius 1 is 1.24 bits per heavy atom. The fourth-order valence-electron chi connectivity index (χ4n) is 3.32. The predicted molar refractivity (Wildman–Crippen MR) is 59.3 cm³/mol. The van der Waals surface area contributed by atoms with E-state index in [1.165, 1.54) is 0 Å². The Hall–Kier alpha value is -0.660. The van der Waals surface area contributed by atoms with Crippen molar-refractivity contribution in [1.29, 1.82) is 0 Å². The van der Waals surface area contributed by atoms with Crippen LogP contribution >= 0.6 is 0 Å². The lowest BCUT2D eigenvalue weighted by Crippen LogP contribution is -2.45. The molecule has 3 saturated heterocycles. The third kappa shape index (κ3) is 1.27. The molecule has 6 nitrogen and oxygen atoms in total. The third-order valence-electron chi connectivity index (χ3n) is 4.29. The maximum absolute atomic E-state index is 12.4. The van der Waals surface area contributed by atoms with Crippen molar-refractivity contribution in [1.82, 2.24) is 14.3 Å². The minimum atomic E-state index is -1.08. The van der Waals surface area contributed by atoms with E-state index < -0.39 is 11.0 Å². The van der Waals surface area contributed by atoms with Gasteiger partial charge in [-0.25, -0.2) is 18.4 Å². The van der Waals surface area contributed by atoms with Crippen LogP contribution in [0.5, 0.6) is 0 Å². The van der Waals surface area contributed by atoms with Gasteiger partial charge < -0.3 is 4.90 Å². The number of hydrogen-bond acceptors (Lipinski definition) is 3. The number of carbonyl (C=O) groups is 1. The summed E-state index contributed by atoms with van der Waals surface area (Å²) in [5.41, 5.74) is 0. The highest BCUT2D eigenvalue weighted by Crippen LogP contribution is 2.43. The molecular formula is C10H15N3O3S. The highest BCUT2D eigenvalue weighted by Gasteiger charge is 2.57. The van der Waals surface area contributed by atoms with Crippen LogP contribution in [0, 0.1) is 5.92 Å². The first-order valence-corrected chi connectivity index (χ1v) is 7.30. The quantitative estimate of drug-likeness (QED) is 0.671. The lowest BCUT2D eigenvalue weighted by Gasteiger charge is -2.30. The number of hydrogen-bond donors (Lipinski definition) is 1. The van der Waals surface area contributed by atoms with Crippen molar-refractivity contribution >= 4 is 17.0 Å². The Labute approximate surface area is 102 Å². The Morgan fingerprint density at radius 3 is 2.71 bits per heavy atom. The van der Waals surface area contributed by atoms with Crippen LogP contribution in [0.25, 0.3) is 0 Å². The SMILES string of the molecule is O=C1N(O)C2CC3CN(C4CC4)S(=O)C3N1C2. The summed E-state index contributed by atoms with van der Waals surface area (Å²) in [6, 6.07) is 0.00916. The van der Waals surface area contributed by atoms with Crippen LogP contribution in [0.2, 0.25) is 0 Å². The summed E-state index contributed by atoms with van der Waals surface area (Å²) in [6.07, 6.45) is 3.04. The molecule has 4 atom stereocenters. The smallest absolute Gasteiger partial charge is 0.304 e. The molecule has 3 aliphatic heterocycles.